The Kier molecular flexibility index (Phi) is 4.30. The Labute approximate surface area is 166 Å². The highest BCUT2D eigenvalue weighted by atomic mass is 17.2. The number of carboxylic acids is 1. The van der Waals surface area contributed by atoms with Crippen LogP contribution >= 0.6 is 0 Å². The molecule has 6 unspecified atom stereocenters. The number of carbonyl (C=O) groups excluding carboxylic acids is 1. The summed E-state index contributed by atoms with van der Waals surface area (Å²) < 4.78 is 5.52. The lowest BCUT2D eigenvalue weighted by Crippen LogP contribution is -2.70. The lowest BCUT2D eigenvalue weighted by Gasteiger charge is -2.67. The molecular formula is C22H32O6. The first-order valence-electron chi connectivity index (χ1n) is 10.5. The maximum Gasteiger partial charge on any atom is 0.313 e. The number of hydrogen-bond acceptors (Lipinski definition) is 5. The molecule has 6 heteroatoms. The molecule has 5 aliphatic rings. The lowest BCUT2D eigenvalue weighted by atomic mass is 9.42. The molecule has 1 spiro atoms. The fourth-order valence-electron chi connectivity index (χ4n) is 6.76. The summed E-state index contributed by atoms with van der Waals surface area (Å²) in [4.78, 5) is 36.4. The first-order chi connectivity index (χ1) is 13.0. The molecule has 0 radical (unpaired) electrons. The molecule has 0 aromatic carbocycles. The molecular weight excluding hydrogens is 360 g/mol. The first-order valence-corrected chi connectivity index (χ1v) is 10.5. The van der Waals surface area contributed by atoms with Gasteiger partial charge in [0.2, 0.25) is 0 Å². The molecule has 0 aromatic rings. The normalized spacial score (nSPS) is 47.1. The van der Waals surface area contributed by atoms with E-state index in [2.05, 4.69) is 26.8 Å². The predicted molar refractivity (Wildman–Crippen MR) is 101 cm³/mol. The Morgan fingerprint density at radius 3 is 2.43 bits per heavy atom. The van der Waals surface area contributed by atoms with Crippen molar-refractivity contribution in [2.75, 3.05) is 0 Å². The predicted octanol–water partition coefficient (Wildman–Crippen LogP) is 4.03. The van der Waals surface area contributed by atoms with E-state index in [9.17, 15) is 14.7 Å². The third-order valence-corrected chi connectivity index (χ3v) is 8.60. The van der Waals surface area contributed by atoms with Crippen LogP contribution in [0.5, 0.6) is 0 Å². The zero-order chi connectivity index (χ0) is 20.5. The van der Waals surface area contributed by atoms with Gasteiger partial charge in [0.1, 0.15) is 22.7 Å². The Morgan fingerprint density at radius 2 is 1.89 bits per heavy atom. The smallest absolute Gasteiger partial charge is 0.313 e. The van der Waals surface area contributed by atoms with E-state index in [1.165, 1.54) is 12.5 Å². The maximum atomic E-state index is 12.5. The molecule has 2 heterocycles. The molecule has 0 aromatic heterocycles. The highest BCUT2D eigenvalue weighted by molar-refractivity contribution is 5.77. The molecule has 1 N–H and O–H groups in total. The highest BCUT2D eigenvalue weighted by Crippen LogP contribution is 2.69. The number of hydrogen-bond donors (Lipinski definition) is 1. The fourth-order valence-corrected chi connectivity index (χ4v) is 6.76. The maximum absolute atomic E-state index is 12.5. The second-order valence-corrected chi connectivity index (χ2v) is 10.0. The van der Waals surface area contributed by atoms with E-state index >= 15 is 0 Å². The number of aliphatic carboxylic acids is 1. The fraction of sp³-hybridized carbons (Fsp3) is 0.818. The molecule has 5 rings (SSSR count). The molecule has 2 saturated carbocycles. The van der Waals surface area contributed by atoms with Crippen LogP contribution in [0.4, 0.5) is 0 Å². The van der Waals surface area contributed by atoms with Crippen molar-refractivity contribution in [3.63, 3.8) is 0 Å². The summed E-state index contributed by atoms with van der Waals surface area (Å²) in [7, 11) is 0. The molecule has 6 nitrogen and oxygen atoms in total. The number of rotatable bonds is 3. The third kappa shape index (κ3) is 2.28. The Morgan fingerprint density at radius 1 is 1.18 bits per heavy atom. The SMILES string of the molecule is CC(=O)OC1CCC2(C)C(CCC3=CC4(C(C)C)CCC32OO4)C1(C)C(=O)O. The van der Waals surface area contributed by atoms with Gasteiger partial charge in [-0.25, -0.2) is 9.78 Å². The quantitative estimate of drug-likeness (QED) is 0.443. The molecule has 3 aliphatic carbocycles. The standard InChI is InChI=1S/C22H32O6/c1-13(2)21-10-11-22(28-27-21)15(12-21)6-7-16-19(22,4)9-8-17(26-14(3)23)20(16,5)18(24)25/h12-13,16-17H,6-11H2,1-5H3,(H,24,25). The van der Waals surface area contributed by atoms with Gasteiger partial charge in [-0.05, 0) is 68.9 Å². The Hall–Kier alpha value is -1.40. The molecule has 1 saturated heterocycles. The average molecular weight is 392 g/mol. The van der Waals surface area contributed by atoms with Crippen LogP contribution in [0.2, 0.25) is 0 Å². The van der Waals surface area contributed by atoms with Crippen molar-refractivity contribution in [1.29, 1.82) is 0 Å². The minimum atomic E-state index is -1.15. The van der Waals surface area contributed by atoms with E-state index in [1.54, 1.807) is 6.92 Å². The monoisotopic (exact) mass is 392 g/mol. The Balaban J connectivity index is 1.78. The van der Waals surface area contributed by atoms with Crippen molar-refractivity contribution in [1.82, 2.24) is 0 Å². The Bertz CT molecular complexity index is 731. The van der Waals surface area contributed by atoms with Crippen molar-refractivity contribution in [3.05, 3.63) is 11.6 Å². The minimum Gasteiger partial charge on any atom is -0.481 e. The van der Waals surface area contributed by atoms with E-state index in [4.69, 9.17) is 14.5 Å². The number of carboxylic acid groups (broad SMARTS) is 1. The summed E-state index contributed by atoms with van der Waals surface area (Å²) in [5.41, 5.74) is -1.21. The van der Waals surface area contributed by atoms with Gasteiger partial charge in [0.05, 0.1) is 0 Å². The first kappa shape index (κ1) is 19.9. The van der Waals surface area contributed by atoms with E-state index < -0.39 is 29.1 Å². The van der Waals surface area contributed by atoms with Crippen LogP contribution in [0.3, 0.4) is 0 Å². The highest BCUT2D eigenvalue weighted by Gasteiger charge is 2.71. The van der Waals surface area contributed by atoms with Crippen LogP contribution in [0, 0.1) is 22.7 Å². The lowest BCUT2D eigenvalue weighted by molar-refractivity contribution is -0.466. The van der Waals surface area contributed by atoms with Gasteiger partial charge >= 0.3 is 11.9 Å². The third-order valence-electron chi connectivity index (χ3n) is 8.60. The zero-order valence-electron chi connectivity index (χ0n) is 17.5. The molecule has 3 fully saturated rings. The van der Waals surface area contributed by atoms with Crippen molar-refractivity contribution in [2.45, 2.75) is 90.4 Å². The average Bonchev–Trinajstić information content (AvgIpc) is 2.64. The van der Waals surface area contributed by atoms with Gasteiger partial charge in [0.25, 0.3) is 0 Å². The summed E-state index contributed by atoms with van der Waals surface area (Å²) in [5, 5.41) is 10.2. The number of fused-ring (bicyclic) bond motifs is 3. The van der Waals surface area contributed by atoms with Crippen molar-refractivity contribution in [2.24, 2.45) is 22.7 Å². The number of carbonyl (C=O) groups is 2. The molecule has 0 amide bonds. The van der Waals surface area contributed by atoms with Gasteiger partial charge in [-0.15, -0.1) is 0 Å². The van der Waals surface area contributed by atoms with Crippen LogP contribution in [-0.4, -0.2) is 34.4 Å². The van der Waals surface area contributed by atoms with Crippen LogP contribution in [0.1, 0.15) is 73.1 Å². The van der Waals surface area contributed by atoms with E-state index in [0.29, 0.717) is 12.3 Å². The van der Waals surface area contributed by atoms with Crippen LogP contribution in [0.25, 0.3) is 0 Å². The number of ether oxygens (including phenoxy) is 1. The topological polar surface area (TPSA) is 82.1 Å². The van der Waals surface area contributed by atoms with Gasteiger partial charge in [0.15, 0.2) is 0 Å². The van der Waals surface area contributed by atoms with Gasteiger partial charge < -0.3 is 9.84 Å². The van der Waals surface area contributed by atoms with Gasteiger partial charge in [-0.2, -0.15) is 0 Å². The molecule has 6 atom stereocenters. The van der Waals surface area contributed by atoms with E-state index in [0.717, 1.165) is 32.1 Å². The van der Waals surface area contributed by atoms with Crippen LogP contribution in [0.15, 0.2) is 11.6 Å². The summed E-state index contributed by atoms with van der Waals surface area (Å²) in [6, 6.07) is 0. The summed E-state index contributed by atoms with van der Waals surface area (Å²) in [6.45, 7) is 9.56. The molecule has 2 bridgehead atoms. The van der Waals surface area contributed by atoms with E-state index in [1.807, 2.05) is 0 Å². The summed E-state index contributed by atoms with van der Waals surface area (Å²) in [5.74, 6) is -1.18. The van der Waals surface area contributed by atoms with Gasteiger partial charge in [-0.1, -0.05) is 20.8 Å². The molecule has 28 heavy (non-hydrogen) atoms. The van der Waals surface area contributed by atoms with Crippen LogP contribution < -0.4 is 0 Å². The number of esters is 1. The largest absolute Gasteiger partial charge is 0.481 e. The summed E-state index contributed by atoms with van der Waals surface area (Å²) >= 11 is 0. The second kappa shape index (κ2) is 6.05. The van der Waals surface area contributed by atoms with Gasteiger partial charge in [-0.3, -0.25) is 9.59 Å². The molecule has 2 aliphatic heterocycles. The van der Waals surface area contributed by atoms with Crippen molar-refractivity contribution >= 4 is 11.9 Å². The molecule has 156 valence electrons. The van der Waals surface area contributed by atoms with Gasteiger partial charge in [0, 0.05) is 12.3 Å². The van der Waals surface area contributed by atoms with Crippen molar-refractivity contribution in [3.8, 4) is 0 Å². The van der Waals surface area contributed by atoms with Crippen LogP contribution in [-0.2, 0) is 24.1 Å². The van der Waals surface area contributed by atoms with Crippen molar-refractivity contribution < 1.29 is 29.2 Å². The second-order valence-electron chi connectivity index (χ2n) is 10.0. The minimum absolute atomic E-state index is 0.166. The summed E-state index contributed by atoms with van der Waals surface area (Å²) in [6.07, 6.45) is 6.20. The zero-order valence-corrected chi connectivity index (χ0v) is 17.5. The van der Waals surface area contributed by atoms with E-state index in [-0.39, 0.29) is 16.9 Å².